The molecule has 1 heterocycles. The molecule has 0 radical (unpaired) electrons. The van der Waals surface area contributed by atoms with Crippen molar-refractivity contribution in [1.29, 1.82) is 0 Å². The lowest BCUT2D eigenvalue weighted by molar-refractivity contribution is -0.128. The third-order valence-electron chi connectivity index (χ3n) is 3.56. The summed E-state index contributed by atoms with van der Waals surface area (Å²) in [6, 6.07) is 11.0. The molecule has 3 N–H and O–H groups in total. The molecule has 2 aromatic rings. The van der Waals surface area contributed by atoms with E-state index < -0.39 is 21.0 Å². The van der Waals surface area contributed by atoms with Crippen molar-refractivity contribution in [2.45, 2.75) is 11.7 Å². The molecule has 0 bridgehead atoms. The summed E-state index contributed by atoms with van der Waals surface area (Å²) in [5.41, 5.74) is 2.77. The number of benzene rings is 1. The lowest BCUT2D eigenvalue weighted by Crippen LogP contribution is -2.40. The molecule has 2 rings (SSSR count). The maximum atomic E-state index is 12.1. The summed E-state index contributed by atoms with van der Waals surface area (Å²) in [5.74, 6) is -1.38. The Hall–Kier alpha value is -2.23. The molecule has 7 nitrogen and oxygen atoms in total. The lowest BCUT2D eigenvalue weighted by Gasteiger charge is -2.13. The van der Waals surface area contributed by atoms with Crippen molar-refractivity contribution >= 4 is 33.0 Å². The highest BCUT2D eigenvalue weighted by molar-refractivity contribution is 7.92. The Morgan fingerprint density at radius 2 is 1.88 bits per heavy atom. The van der Waals surface area contributed by atoms with Crippen LogP contribution in [-0.4, -0.2) is 43.5 Å². The van der Waals surface area contributed by atoms with Crippen molar-refractivity contribution in [2.75, 3.05) is 12.8 Å². The third-order valence-corrected chi connectivity index (χ3v) is 5.97. The fraction of sp³-hybridized carbons (Fsp3) is 0.250. The van der Waals surface area contributed by atoms with Gasteiger partial charge in [0.1, 0.15) is 5.25 Å². The standard InChI is InChI=1S/C16H18N2O5S2/c1-25(22,23)14(16(20)18-21)8-9-17-15(19)12-6-4-11(5-7-12)13-3-2-10-24-13/h2-7,10,14,21H,8-9H2,1H3,(H,17,19)(H,18,20). The number of carbonyl (C=O) groups excluding carboxylic acids is 2. The topological polar surface area (TPSA) is 113 Å². The van der Waals surface area contributed by atoms with Gasteiger partial charge < -0.3 is 5.32 Å². The van der Waals surface area contributed by atoms with Crippen LogP contribution in [0.3, 0.4) is 0 Å². The number of rotatable bonds is 7. The Balaban J connectivity index is 1.94. The van der Waals surface area contributed by atoms with Crippen molar-refractivity contribution < 1.29 is 23.2 Å². The van der Waals surface area contributed by atoms with E-state index in [9.17, 15) is 18.0 Å². The number of sulfone groups is 1. The van der Waals surface area contributed by atoms with E-state index in [2.05, 4.69) is 5.32 Å². The average Bonchev–Trinajstić information content (AvgIpc) is 3.11. The molecule has 0 aliphatic carbocycles. The first-order valence-electron chi connectivity index (χ1n) is 7.38. The smallest absolute Gasteiger partial charge is 0.261 e. The number of carbonyl (C=O) groups is 2. The van der Waals surface area contributed by atoms with Crippen LogP contribution in [0.4, 0.5) is 0 Å². The summed E-state index contributed by atoms with van der Waals surface area (Å²) < 4.78 is 23.1. The second-order valence-electron chi connectivity index (χ2n) is 5.39. The maximum absolute atomic E-state index is 12.1. The predicted molar refractivity (Wildman–Crippen MR) is 95.3 cm³/mol. The molecular formula is C16H18N2O5S2. The molecule has 1 unspecified atom stereocenters. The number of amides is 2. The first-order chi connectivity index (χ1) is 11.8. The van der Waals surface area contributed by atoms with Crippen LogP contribution < -0.4 is 10.8 Å². The maximum Gasteiger partial charge on any atom is 0.261 e. The van der Waals surface area contributed by atoms with Crippen molar-refractivity contribution in [2.24, 2.45) is 0 Å². The quantitative estimate of drug-likeness (QED) is 0.496. The van der Waals surface area contributed by atoms with E-state index in [4.69, 9.17) is 5.21 Å². The molecule has 25 heavy (non-hydrogen) atoms. The minimum absolute atomic E-state index is 0.0172. The SMILES string of the molecule is CS(=O)(=O)C(CCNC(=O)c1ccc(-c2cccs2)cc1)C(=O)NO. The fourth-order valence-electron chi connectivity index (χ4n) is 2.26. The molecular weight excluding hydrogens is 364 g/mol. The van der Waals surface area contributed by atoms with Crippen molar-refractivity contribution in [3.63, 3.8) is 0 Å². The molecule has 0 spiro atoms. The lowest BCUT2D eigenvalue weighted by atomic mass is 10.1. The predicted octanol–water partition coefficient (Wildman–Crippen LogP) is 1.45. The normalized spacial score (nSPS) is 12.4. The number of thiophene rings is 1. The molecule has 134 valence electrons. The van der Waals surface area contributed by atoms with E-state index >= 15 is 0 Å². The molecule has 1 atom stereocenters. The number of hydroxylamine groups is 1. The van der Waals surface area contributed by atoms with Crippen LogP contribution in [0.25, 0.3) is 10.4 Å². The fourth-order valence-corrected chi connectivity index (χ4v) is 3.98. The Morgan fingerprint density at radius 1 is 1.20 bits per heavy atom. The van der Waals surface area contributed by atoms with Gasteiger partial charge in [-0.15, -0.1) is 11.3 Å². The third kappa shape index (κ3) is 5.12. The van der Waals surface area contributed by atoms with E-state index in [0.717, 1.165) is 16.7 Å². The van der Waals surface area contributed by atoms with Gasteiger partial charge in [-0.1, -0.05) is 18.2 Å². The van der Waals surface area contributed by atoms with Crippen LogP contribution in [0.1, 0.15) is 16.8 Å². The van der Waals surface area contributed by atoms with Gasteiger partial charge in [-0.3, -0.25) is 14.8 Å². The summed E-state index contributed by atoms with van der Waals surface area (Å²) in [7, 11) is -3.69. The van der Waals surface area contributed by atoms with Gasteiger partial charge in [-0.25, -0.2) is 13.9 Å². The molecule has 0 aliphatic rings. The van der Waals surface area contributed by atoms with Gasteiger partial charge in [0.2, 0.25) is 0 Å². The summed E-state index contributed by atoms with van der Waals surface area (Å²) in [6.45, 7) is -0.0172. The van der Waals surface area contributed by atoms with Gasteiger partial charge in [-0.2, -0.15) is 0 Å². The molecule has 1 aromatic carbocycles. The van der Waals surface area contributed by atoms with Gasteiger partial charge in [0.15, 0.2) is 9.84 Å². The van der Waals surface area contributed by atoms with E-state index in [0.29, 0.717) is 5.56 Å². The first kappa shape index (κ1) is 19.1. The Bertz CT molecular complexity index is 830. The summed E-state index contributed by atoms with van der Waals surface area (Å²) in [5, 5.41) is 11.7. The second-order valence-corrected chi connectivity index (χ2v) is 8.57. The summed E-state index contributed by atoms with van der Waals surface area (Å²) >= 11 is 1.60. The van der Waals surface area contributed by atoms with Crippen LogP contribution in [0, 0.1) is 0 Å². The Kier molecular flexibility index (Phi) is 6.29. The molecule has 0 fully saturated rings. The van der Waals surface area contributed by atoms with Gasteiger partial charge >= 0.3 is 0 Å². The summed E-state index contributed by atoms with van der Waals surface area (Å²) in [6.07, 6.45) is 0.766. The zero-order chi connectivity index (χ0) is 18.4. The van der Waals surface area contributed by atoms with E-state index in [1.54, 1.807) is 23.5 Å². The first-order valence-corrected chi connectivity index (χ1v) is 10.2. The van der Waals surface area contributed by atoms with Crippen molar-refractivity contribution in [3.05, 3.63) is 47.3 Å². The molecule has 1 aromatic heterocycles. The highest BCUT2D eigenvalue weighted by Gasteiger charge is 2.28. The van der Waals surface area contributed by atoms with Gasteiger partial charge in [-0.05, 0) is 35.6 Å². The number of hydrogen-bond donors (Lipinski definition) is 3. The molecule has 0 saturated carbocycles. The monoisotopic (exact) mass is 382 g/mol. The Morgan fingerprint density at radius 3 is 2.40 bits per heavy atom. The molecule has 0 saturated heterocycles. The van der Waals surface area contributed by atoms with E-state index in [1.165, 1.54) is 5.48 Å². The molecule has 0 aliphatic heterocycles. The van der Waals surface area contributed by atoms with Gasteiger partial charge in [0.25, 0.3) is 11.8 Å². The Labute approximate surface area is 149 Å². The van der Waals surface area contributed by atoms with Crippen LogP contribution in [-0.2, 0) is 14.6 Å². The van der Waals surface area contributed by atoms with Crippen LogP contribution in [0.15, 0.2) is 41.8 Å². The van der Waals surface area contributed by atoms with Crippen LogP contribution in [0.2, 0.25) is 0 Å². The highest BCUT2D eigenvalue weighted by Crippen LogP contribution is 2.24. The van der Waals surface area contributed by atoms with Gasteiger partial charge in [0, 0.05) is 23.2 Å². The van der Waals surface area contributed by atoms with Crippen molar-refractivity contribution in [3.8, 4) is 10.4 Å². The molecule has 9 heteroatoms. The number of nitrogens with one attached hydrogen (secondary N) is 2. The van der Waals surface area contributed by atoms with Gasteiger partial charge in [0.05, 0.1) is 0 Å². The van der Waals surface area contributed by atoms with E-state index in [-0.39, 0.29) is 18.9 Å². The zero-order valence-corrected chi connectivity index (χ0v) is 15.1. The molecule has 2 amide bonds. The van der Waals surface area contributed by atoms with E-state index in [1.807, 2.05) is 29.6 Å². The number of hydrogen-bond acceptors (Lipinski definition) is 6. The van der Waals surface area contributed by atoms with Crippen LogP contribution in [0.5, 0.6) is 0 Å². The zero-order valence-electron chi connectivity index (χ0n) is 13.4. The minimum Gasteiger partial charge on any atom is -0.352 e. The largest absolute Gasteiger partial charge is 0.352 e. The average molecular weight is 382 g/mol. The van der Waals surface area contributed by atoms with Crippen LogP contribution >= 0.6 is 11.3 Å². The highest BCUT2D eigenvalue weighted by atomic mass is 32.2. The summed E-state index contributed by atoms with van der Waals surface area (Å²) in [4.78, 5) is 24.6. The second kappa shape index (κ2) is 8.24. The van der Waals surface area contributed by atoms with Crippen molar-refractivity contribution in [1.82, 2.24) is 10.8 Å². The minimum atomic E-state index is -3.69.